The summed E-state index contributed by atoms with van der Waals surface area (Å²) in [6.45, 7) is 5.91. The first-order valence-corrected chi connectivity index (χ1v) is 11.1. The number of hydrogen-bond acceptors (Lipinski definition) is 7. The van der Waals surface area contributed by atoms with Gasteiger partial charge in [0, 0.05) is 19.3 Å². The summed E-state index contributed by atoms with van der Waals surface area (Å²) >= 11 is 6.21. The van der Waals surface area contributed by atoms with Crippen LogP contribution in [0.4, 0.5) is 0 Å². The van der Waals surface area contributed by atoms with Crippen LogP contribution in [0.2, 0.25) is 5.02 Å². The molecule has 0 fully saturated rings. The predicted octanol–water partition coefficient (Wildman–Crippen LogP) is 2.43. The summed E-state index contributed by atoms with van der Waals surface area (Å²) in [6, 6.07) is 5.10. The summed E-state index contributed by atoms with van der Waals surface area (Å²) in [6.07, 6.45) is 1.62. The van der Waals surface area contributed by atoms with Gasteiger partial charge in [-0.05, 0) is 38.5 Å². The Hall–Kier alpha value is -3.73. The number of esters is 1. The van der Waals surface area contributed by atoms with E-state index in [4.69, 9.17) is 16.3 Å². The van der Waals surface area contributed by atoms with E-state index < -0.39 is 17.2 Å². The number of unbranched alkanes of at least 4 members (excludes halogenated alkanes) is 1. The average molecular weight is 486 g/mol. The van der Waals surface area contributed by atoms with Crippen molar-refractivity contribution in [2.24, 2.45) is 7.05 Å². The highest BCUT2D eigenvalue weighted by Crippen LogP contribution is 2.19. The number of aromatic nitrogens is 7. The first-order chi connectivity index (χ1) is 16.2. The number of aryl methyl sites for hydroxylation is 4. The average Bonchev–Trinajstić information content (AvgIpc) is 3.30. The molecule has 11 nitrogen and oxygen atoms in total. The van der Waals surface area contributed by atoms with E-state index >= 15 is 0 Å². The monoisotopic (exact) mass is 485 g/mol. The number of rotatable bonds is 7. The van der Waals surface area contributed by atoms with Crippen LogP contribution in [0.3, 0.4) is 0 Å². The second-order valence-electron chi connectivity index (χ2n) is 7.94. The summed E-state index contributed by atoms with van der Waals surface area (Å²) in [5.41, 5.74) is 0.997. The van der Waals surface area contributed by atoms with Gasteiger partial charge in [0.15, 0.2) is 22.7 Å². The lowest BCUT2D eigenvalue weighted by Crippen LogP contribution is -2.31. The van der Waals surface area contributed by atoms with Crippen LogP contribution in [-0.4, -0.2) is 39.8 Å². The zero-order valence-corrected chi connectivity index (χ0v) is 20.0. The lowest BCUT2D eigenvalue weighted by Gasteiger charge is -2.08. The molecule has 0 unspecified atom stereocenters. The van der Waals surface area contributed by atoms with Crippen molar-refractivity contribution in [2.75, 3.05) is 0 Å². The molecule has 0 aliphatic rings. The van der Waals surface area contributed by atoms with Crippen molar-refractivity contribution in [2.45, 2.75) is 46.8 Å². The molecule has 0 aromatic carbocycles. The molecule has 0 amide bonds. The van der Waals surface area contributed by atoms with Crippen LogP contribution in [-0.2, 0) is 24.9 Å². The topological polar surface area (TPSA) is 130 Å². The molecular formula is C22H24ClN7O4. The van der Waals surface area contributed by atoms with E-state index in [1.165, 1.54) is 9.13 Å². The molecular weight excluding hydrogens is 462 g/mol. The third-order valence-corrected chi connectivity index (χ3v) is 5.73. The van der Waals surface area contributed by atoms with Crippen LogP contribution < -0.4 is 11.2 Å². The zero-order chi connectivity index (χ0) is 24.6. The number of halogens is 1. The molecule has 4 aromatic rings. The maximum absolute atomic E-state index is 12.8. The highest BCUT2D eigenvalue weighted by molar-refractivity contribution is 6.33. The van der Waals surface area contributed by atoms with E-state index in [0.717, 1.165) is 24.2 Å². The Bertz CT molecular complexity index is 1510. The van der Waals surface area contributed by atoms with Gasteiger partial charge >= 0.3 is 11.7 Å². The minimum absolute atomic E-state index is 0.0665. The molecule has 4 aromatic heterocycles. The van der Waals surface area contributed by atoms with Gasteiger partial charge in [0.05, 0.1) is 10.7 Å². The molecule has 4 rings (SSSR count). The SMILES string of the molecule is CCCCn1c(=O)[nH]c(=O)c2c1nc(COC(=O)c1nc(-n3nc(C)cc3C)ccc1Cl)n2C. The number of nitrogens with zero attached hydrogens (tertiary/aromatic N) is 6. The van der Waals surface area contributed by atoms with E-state index in [-0.39, 0.29) is 28.5 Å². The van der Waals surface area contributed by atoms with E-state index in [9.17, 15) is 14.4 Å². The van der Waals surface area contributed by atoms with Crippen molar-refractivity contribution in [3.05, 3.63) is 67.0 Å². The van der Waals surface area contributed by atoms with Crippen LogP contribution in [0.5, 0.6) is 0 Å². The number of hydrogen-bond donors (Lipinski definition) is 1. The van der Waals surface area contributed by atoms with E-state index in [1.807, 2.05) is 26.8 Å². The number of pyridine rings is 1. The van der Waals surface area contributed by atoms with Crippen molar-refractivity contribution in [1.82, 2.24) is 33.9 Å². The number of H-pyrrole nitrogens is 1. The van der Waals surface area contributed by atoms with Gasteiger partial charge in [0.1, 0.15) is 12.4 Å². The van der Waals surface area contributed by atoms with Crippen LogP contribution in [0.1, 0.15) is 47.5 Å². The summed E-state index contributed by atoms with van der Waals surface area (Å²) in [5, 5.41) is 4.50. The Balaban J connectivity index is 1.63. The first-order valence-electron chi connectivity index (χ1n) is 10.8. The molecule has 12 heteroatoms. The molecule has 0 saturated heterocycles. The minimum Gasteiger partial charge on any atom is -0.453 e. The number of aromatic amines is 1. The quantitative estimate of drug-likeness (QED) is 0.398. The lowest BCUT2D eigenvalue weighted by atomic mass is 10.3. The molecule has 0 aliphatic heterocycles. The molecule has 4 heterocycles. The Morgan fingerprint density at radius 2 is 1.97 bits per heavy atom. The van der Waals surface area contributed by atoms with Crippen LogP contribution >= 0.6 is 11.6 Å². The van der Waals surface area contributed by atoms with E-state index in [0.29, 0.717) is 18.2 Å². The number of fused-ring (bicyclic) bond motifs is 1. The maximum atomic E-state index is 12.8. The Kier molecular flexibility index (Phi) is 6.38. The zero-order valence-electron chi connectivity index (χ0n) is 19.3. The summed E-state index contributed by atoms with van der Waals surface area (Å²) in [4.78, 5) is 48.6. The fraction of sp³-hybridized carbons (Fsp3) is 0.364. The molecule has 34 heavy (non-hydrogen) atoms. The number of nitrogens with one attached hydrogen (secondary N) is 1. The van der Waals surface area contributed by atoms with Crippen LogP contribution in [0, 0.1) is 13.8 Å². The van der Waals surface area contributed by atoms with Crippen LogP contribution in [0.15, 0.2) is 27.8 Å². The smallest absolute Gasteiger partial charge is 0.359 e. The van der Waals surface area contributed by atoms with Crippen molar-refractivity contribution in [1.29, 1.82) is 0 Å². The van der Waals surface area contributed by atoms with Gasteiger partial charge in [-0.3, -0.25) is 14.3 Å². The second-order valence-corrected chi connectivity index (χ2v) is 8.35. The van der Waals surface area contributed by atoms with Gasteiger partial charge in [-0.25, -0.2) is 24.2 Å². The van der Waals surface area contributed by atoms with Crippen molar-refractivity contribution < 1.29 is 9.53 Å². The second kappa shape index (κ2) is 9.26. The van der Waals surface area contributed by atoms with Gasteiger partial charge in [0.2, 0.25) is 0 Å². The third kappa shape index (κ3) is 4.26. The maximum Gasteiger partial charge on any atom is 0.359 e. The number of ether oxygens (including phenoxy) is 1. The number of carbonyl (C=O) groups excluding carboxylic acids is 1. The van der Waals surface area contributed by atoms with Gasteiger partial charge in [-0.15, -0.1) is 0 Å². The standard InChI is InChI=1S/C22H24ClN7O4/c1-5-6-9-29-19-18(20(31)26-22(29)33)28(4)16(25-19)11-34-21(32)17-14(23)7-8-15(24-17)30-13(3)10-12(2)27-30/h7-8,10H,5-6,9,11H2,1-4H3,(H,26,31,33). The Labute approximate surface area is 199 Å². The molecule has 0 spiro atoms. The van der Waals surface area contributed by atoms with E-state index in [2.05, 4.69) is 20.1 Å². The normalized spacial score (nSPS) is 11.3. The van der Waals surface area contributed by atoms with Crippen molar-refractivity contribution in [3.63, 3.8) is 0 Å². The molecule has 0 radical (unpaired) electrons. The molecule has 0 bridgehead atoms. The molecule has 1 N–H and O–H groups in total. The molecule has 0 aliphatic carbocycles. The Morgan fingerprint density at radius 1 is 1.21 bits per heavy atom. The first kappa shape index (κ1) is 23.4. The van der Waals surface area contributed by atoms with Gasteiger partial charge in [-0.2, -0.15) is 5.10 Å². The lowest BCUT2D eigenvalue weighted by molar-refractivity contribution is 0.0453. The largest absolute Gasteiger partial charge is 0.453 e. The molecule has 0 atom stereocenters. The highest BCUT2D eigenvalue weighted by Gasteiger charge is 2.20. The van der Waals surface area contributed by atoms with Crippen molar-refractivity contribution >= 4 is 28.7 Å². The minimum atomic E-state index is -0.752. The third-order valence-electron chi connectivity index (χ3n) is 5.42. The predicted molar refractivity (Wildman–Crippen MR) is 125 cm³/mol. The fourth-order valence-electron chi connectivity index (χ4n) is 3.70. The number of imidazole rings is 1. The van der Waals surface area contributed by atoms with Crippen molar-refractivity contribution in [3.8, 4) is 5.82 Å². The van der Waals surface area contributed by atoms with Gasteiger partial charge in [-0.1, -0.05) is 24.9 Å². The van der Waals surface area contributed by atoms with Gasteiger partial charge in [0.25, 0.3) is 5.56 Å². The summed E-state index contributed by atoms with van der Waals surface area (Å²) < 4.78 is 9.95. The molecule has 178 valence electrons. The Morgan fingerprint density at radius 3 is 2.65 bits per heavy atom. The summed E-state index contributed by atoms with van der Waals surface area (Å²) in [7, 11) is 1.62. The number of carbonyl (C=O) groups is 1. The molecule has 0 saturated carbocycles. The van der Waals surface area contributed by atoms with Gasteiger partial charge < -0.3 is 9.30 Å². The van der Waals surface area contributed by atoms with E-state index in [1.54, 1.807) is 23.9 Å². The van der Waals surface area contributed by atoms with Crippen LogP contribution in [0.25, 0.3) is 17.0 Å². The fourth-order valence-corrected chi connectivity index (χ4v) is 3.88. The summed E-state index contributed by atoms with van der Waals surface area (Å²) in [5.74, 6) is -0.0237. The highest BCUT2D eigenvalue weighted by atomic mass is 35.5.